The fourth-order valence-electron chi connectivity index (χ4n) is 2.01. The molecule has 5 heteroatoms. The number of hydrogen-bond donors (Lipinski definition) is 1. The van der Waals surface area contributed by atoms with Gasteiger partial charge in [-0.05, 0) is 25.3 Å². The molecule has 1 aliphatic carbocycles. The summed E-state index contributed by atoms with van der Waals surface area (Å²) < 4.78 is 5.19. The van der Waals surface area contributed by atoms with Gasteiger partial charge in [-0.3, -0.25) is 0 Å². The molecule has 2 rings (SSSR count). The number of nitrogens with one attached hydrogen (secondary N) is 1. The highest BCUT2D eigenvalue weighted by Crippen LogP contribution is 2.33. The first-order valence-corrected chi connectivity index (χ1v) is 7.93. The largest absolute Gasteiger partial charge is 0.383 e. The lowest BCUT2D eigenvalue weighted by molar-refractivity contribution is 0.205. The molecular weight excluding hydrogens is 258 g/mol. The minimum absolute atomic E-state index is 0.692. The van der Waals surface area contributed by atoms with Crippen LogP contribution in [0.4, 0.5) is 5.13 Å². The number of hydrogen-bond acceptors (Lipinski definition) is 5. The highest BCUT2D eigenvalue weighted by molar-refractivity contribution is 7.15. The fourth-order valence-corrected chi connectivity index (χ4v) is 2.98. The highest BCUT2D eigenvalue weighted by Gasteiger charge is 2.30. The monoisotopic (exact) mass is 283 g/mol. The first kappa shape index (κ1) is 14.8. The van der Waals surface area contributed by atoms with Crippen molar-refractivity contribution in [1.29, 1.82) is 0 Å². The second kappa shape index (κ2) is 7.22. The molecule has 0 atom stereocenters. The molecule has 1 heterocycles. The molecule has 108 valence electrons. The number of thiazole rings is 1. The van der Waals surface area contributed by atoms with E-state index < -0.39 is 0 Å². The van der Waals surface area contributed by atoms with Crippen molar-refractivity contribution < 1.29 is 4.74 Å². The van der Waals surface area contributed by atoms with Crippen molar-refractivity contribution in [2.24, 2.45) is 5.92 Å². The van der Waals surface area contributed by atoms with Crippen LogP contribution in [0.2, 0.25) is 0 Å². The average Bonchev–Trinajstić information content (AvgIpc) is 3.10. The van der Waals surface area contributed by atoms with Crippen LogP contribution >= 0.6 is 11.3 Å². The maximum absolute atomic E-state index is 5.19. The van der Waals surface area contributed by atoms with Gasteiger partial charge in [0.1, 0.15) is 0 Å². The Kier molecular flexibility index (Phi) is 5.60. The average molecular weight is 283 g/mol. The van der Waals surface area contributed by atoms with Crippen LogP contribution < -0.4 is 10.2 Å². The van der Waals surface area contributed by atoms with Gasteiger partial charge in [0.2, 0.25) is 0 Å². The van der Waals surface area contributed by atoms with E-state index in [9.17, 15) is 0 Å². The van der Waals surface area contributed by atoms with E-state index in [-0.39, 0.29) is 0 Å². The van der Waals surface area contributed by atoms with E-state index in [0.29, 0.717) is 12.0 Å². The molecule has 0 bridgehead atoms. The second-order valence-corrected chi connectivity index (χ2v) is 6.64. The maximum atomic E-state index is 5.19. The number of methoxy groups -OCH3 is 1. The quantitative estimate of drug-likeness (QED) is 0.755. The van der Waals surface area contributed by atoms with E-state index in [1.165, 1.54) is 17.7 Å². The normalized spacial score (nSPS) is 15.2. The Labute approximate surface area is 120 Å². The van der Waals surface area contributed by atoms with E-state index in [2.05, 4.69) is 29.0 Å². The van der Waals surface area contributed by atoms with Crippen LogP contribution in [0, 0.1) is 5.92 Å². The molecule has 0 amide bonds. The molecule has 19 heavy (non-hydrogen) atoms. The van der Waals surface area contributed by atoms with Crippen molar-refractivity contribution in [3.63, 3.8) is 0 Å². The van der Waals surface area contributed by atoms with Gasteiger partial charge in [0, 0.05) is 37.3 Å². The molecule has 1 aliphatic rings. The number of nitrogens with zero attached hydrogens (tertiary/aromatic N) is 2. The Balaban J connectivity index is 1.86. The van der Waals surface area contributed by atoms with Gasteiger partial charge in [0.05, 0.1) is 6.61 Å². The van der Waals surface area contributed by atoms with E-state index in [0.717, 1.165) is 31.4 Å². The summed E-state index contributed by atoms with van der Waals surface area (Å²) in [6.45, 7) is 8.17. The third-order valence-corrected chi connectivity index (χ3v) is 4.20. The number of anilines is 1. The lowest BCUT2D eigenvalue weighted by Gasteiger charge is -2.20. The summed E-state index contributed by atoms with van der Waals surface area (Å²) >= 11 is 1.81. The van der Waals surface area contributed by atoms with Gasteiger partial charge in [-0.15, -0.1) is 11.3 Å². The Bertz CT molecular complexity index is 377. The lowest BCUT2D eigenvalue weighted by Crippen LogP contribution is -2.29. The van der Waals surface area contributed by atoms with E-state index in [1.807, 2.05) is 17.5 Å². The summed E-state index contributed by atoms with van der Waals surface area (Å²) in [7, 11) is 1.76. The summed E-state index contributed by atoms with van der Waals surface area (Å²) in [4.78, 5) is 8.30. The predicted molar refractivity (Wildman–Crippen MR) is 80.9 cm³/mol. The summed E-state index contributed by atoms with van der Waals surface area (Å²) in [5.41, 5.74) is 0. The van der Waals surface area contributed by atoms with Crippen molar-refractivity contribution in [3.8, 4) is 0 Å². The molecule has 0 spiro atoms. The highest BCUT2D eigenvalue weighted by atomic mass is 32.1. The molecule has 0 aliphatic heterocycles. The van der Waals surface area contributed by atoms with E-state index >= 15 is 0 Å². The van der Waals surface area contributed by atoms with Crippen LogP contribution in [0.25, 0.3) is 0 Å². The van der Waals surface area contributed by atoms with Gasteiger partial charge < -0.3 is 15.0 Å². The minimum atomic E-state index is 0.692. The zero-order valence-corrected chi connectivity index (χ0v) is 13.0. The Morgan fingerprint density at radius 2 is 2.32 bits per heavy atom. The van der Waals surface area contributed by atoms with Crippen molar-refractivity contribution in [2.75, 3.05) is 31.7 Å². The van der Waals surface area contributed by atoms with Crippen LogP contribution in [0.5, 0.6) is 0 Å². The Hall–Kier alpha value is -0.650. The van der Waals surface area contributed by atoms with Gasteiger partial charge in [0.15, 0.2) is 5.13 Å². The number of ether oxygens (including phenoxy) is 1. The summed E-state index contributed by atoms with van der Waals surface area (Å²) in [6, 6.07) is 0.692. The third-order valence-electron chi connectivity index (χ3n) is 3.16. The minimum Gasteiger partial charge on any atom is -0.383 e. The van der Waals surface area contributed by atoms with Crippen LogP contribution in [-0.4, -0.2) is 37.8 Å². The van der Waals surface area contributed by atoms with E-state index in [4.69, 9.17) is 4.74 Å². The predicted octanol–water partition coefficient (Wildman–Crippen LogP) is 2.50. The Morgan fingerprint density at radius 3 is 2.95 bits per heavy atom. The zero-order valence-electron chi connectivity index (χ0n) is 12.2. The summed E-state index contributed by atoms with van der Waals surface area (Å²) in [5.74, 6) is 0.692. The number of rotatable bonds is 9. The standard InChI is InChI=1S/C14H25N3OS/c1-11(2)8-15-9-13-10-16-14(19-13)17(6-7-18-3)12-4-5-12/h10-12,15H,4-9H2,1-3H3. The number of aromatic nitrogens is 1. The van der Waals surface area contributed by atoms with Crippen LogP contribution in [0.1, 0.15) is 31.6 Å². The van der Waals surface area contributed by atoms with Gasteiger partial charge in [-0.1, -0.05) is 13.8 Å². The lowest BCUT2D eigenvalue weighted by atomic mass is 10.2. The first-order chi connectivity index (χ1) is 9.20. The van der Waals surface area contributed by atoms with Gasteiger partial charge in [0.25, 0.3) is 0 Å². The summed E-state index contributed by atoms with van der Waals surface area (Å²) in [6.07, 6.45) is 4.60. The second-order valence-electron chi connectivity index (χ2n) is 5.55. The SMILES string of the molecule is COCCN(c1ncc(CNCC(C)C)s1)C1CC1. The third kappa shape index (κ3) is 4.75. The molecule has 0 aromatic carbocycles. The molecule has 0 unspecified atom stereocenters. The molecule has 0 radical (unpaired) electrons. The summed E-state index contributed by atoms with van der Waals surface area (Å²) in [5, 5.41) is 4.62. The molecule has 1 saturated carbocycles. The topological polar surface area (TPSA) is 37.4 Å². The van der Waals surface area contributed by atoms with Gasteiger partial charge >= 0.3 is 0 Å². The molecule has 0 saturated heterocycles. The van der Waals surface area contributed by atoms with Crippen molar-refractivity contribution in [2.45, 2.75) is 39.3 Å². The molecule has 1 aromatic rings. The Morgan fingerprint density at radius 1 is 1.53 bits per heavy atom. The smallest absolute Gasteiger partial charge is 0.185 e. The van der Waals surface area contributed by atoms with Crippen molar-refractivity contribution >= 4 is 16.5 Å². The van der Waals surface area contributed by atoms with E-state index in [1.54, 1.807) is 7.11 Å². The molecule has 1 fully saturated rings. The molecule has 1 aromatic heterocycles. The van der Waals surface area contributed by atoms with Crippen LogP contribution in [0.15, 0.2) is 6.20 Å². The zero-order chi connectivity index (χ0) is 13.7. The maximum Gasteiger partial charge on any atom is 0.185 e. The van der Waals surface area contributed by atoms with Crippen molar-refractivity contribution in [3.05, 3.63) is 11.1 Å². The molecule has 1 N–H and O–H groups in total. The fraction of sp³-hybridized carbons (Fsp3) is 0.786. The molecular formula is C14H25N3OS. The van der Waals surface area contributed by atoms with Gasteiger partial charge in [-0.25, -0.2) is 4.98 Å². The van der Waals surface area contributed by atoms with Crippen LogP contribution in [0.3, 0.4) is 0 Å². The van der Waals surface area contributed by atoms with Crippen molar-refractivity contribution in [1.82, 2.24) is 10.3 Å². The van der Waals surface area contributed by atoms with Crippen LogP contribution in [-0.2, 0) is 11.3 Å². The molecule has 4 nitrogen and oxygen atoms in total. The van der Waals surface area contributed by atoms with Gasteiger partial charge in [-0.2, -0.15) is 0 Å². The first-order valence-electron chi connectivity index (χ1n) is 7.11.